The number of hydrogen-bond acceptors (Lipinski definition) is 5. The number of unbranched alkanes of at least 4 members (excludes halogenated alkanes) is 1. The third kappa shape index (κ3) is 5.42. The number of amides is 1. The first kappa shape index (κ1) is 16.2. The lowest BCUT2D eigenvalue weighted by atomic mass is 9.96. The van der Waals surface area contributed by atoms with Gasteiger partial charge in [0.2, 0.25) is 5.91 Å². The van der Waals surface area contributed by atoms with Crippen molar-refractivity contribution in [3.05, 3.63) is 11.9 Å². The number of carbonyl (C=O) groups excluding carboxylic acids is 1. The van der Waals surface area contributed by atoms with Gasteiger partial charge in [0, 0.05) is 31.5 Å². The van der Waals surface area contributed by atoms with Crippen molar-refractivity contribution in [2.75, 3.05) is 24.2 Å². The van der Waals surface area contributed by atoms with E-state index in [1.165, 1.54) is 0 Å². The van der Waals surface area contributed by atoms with Crippen molar-refractivity contribution in [1.29, 1.82) is 0 Å². The predicted octanol–water partition coefficient (Wildman–Crippen LogP) is 1.88. The molecule has 0 bridgehead atoms. The van der Waals surface area contributed by atoms with Crippen LogP contribution in [0.2, 0.25) is 0 Å². The van der Waals surface area contributed by atoms with E-state index < -0.39 is 0 Å². The van der Waals surface area contributed by atoms with Crippen LogP contribution in [0.4, 0.5) is 11.6 Å². The lowest BCUT2D eigenvalue weighted by molar-refractivity contribution is -0.118. The number of anilines is 2. The second-order valence-electron chi connectivity index (χ2n) is 5.81. The van der Waals surface area contributed by atoms with Gasteiger partial charge in [-0.2, -0.15) is 0 Å². The molecule has 1 aromatic heterocycles. The van der Waals surface area contributed by atoms with Crippen LogP contribution >= 0.6 is 0 Å². The van der Waals surface area contributed by atoms with E-state index in [2.05, 4.69) is 41.4 Å². The minimum Gasteiger partial charge on any atom is -0.373 e. The molecule has 0 aliphatic heterocycles. The molecule has 20 heavy (non-hydrogen) atoms. The maximum atomic E-state index is 10.6. The Labute approximate surface area is 120 Å². The molecule has 0 fully saturated rings. The number of nitrogens with zero attached hydrogens (tertiary/aromatic N) is 2. The number of hydrogen-bond donors (Lipinski definition) is 3. The lowest BCUT2D eigenvalue weighted by Gasteiger charge is -2.18. The maximum Gasteiger partial charge on any atom is 0.217 e. The van der Waals surface area contributed by atoms with Crippen molar-refractivity contribution in [3.8, 4) is 0 Å². The molecule has 0 spiro atoms. The van der Waals surface area contributed by atoms with Gasteiger partial charge < -0.3 is 16.4 Å². The predicted molar refractivity (Wildman–Crippen MR) is 81.8 cm³/mol. The van der Waals surface area contributed by atoms with E-state index in [1.54, 1.807) is 0 Å². The van der Waals surface area contributed by atoms with Crippen LogP contribution in [-0.2, 0) is 10.2 Å². The molecule has 0 saturated heterocycles. The maximum absolute atomic E-state index is 10.6. The van der Waals surface area contributed by atoms with Gasteiger partial charge in [-0.1, -0.05) is 20.8 Å². The fraction of sp³-hybridized carbons (Fsp3) is 0.643. The third-order valence-electron chi connectivity index (χ3n) is 2.81. The Kier molecular flexibility index (Phi) is 5.73. The van der Waals surface area contributed by atoms with Crippen LogP contribution in [0.1, 0.15) is 45.9 Å². The number of nitrogens with two attached hydrogens (primary N) is 1. The molecule has 0 unspecified atom stereocenters. The zero-order valence-electron chi connectivity index (χ0n) is 12.8. The van der Waals surface area contributed by atoms with Gasteiger partial charge in [-0.05, 0) is 12.8 Å². The monoisotopic (exact) mass is 279 g/mol. The van der Waals surface area contributed by atoms with E-state index >= 15 is 0 Å². The van der Waals surface area contributed by atoms with E-state index in [0.717, 1.165) is 36.8 Å². The Morgan fingerprint density at radius 1 is 1.25 bits per heavy atom. The highest BCUT2D eigenvalue weighted by Gasteiger charge is 2.18. The van der Waals surface area contributed by atoms with Gasteiger partial charge in [-0.25, -0.2) is 9.97 Å². The zero-order valence-corrected chi connectivity index (χ0v) is 12.8. The summed E-state index contributed by atoms with van der Waals surface area (Å²) in [5.41, 5.74) is 5.00. The summed E-state index contributed by atoms with van der Waals surface area (Å²) in [5, 5.41) is 6.31. The molecule has 0 aliphatic carbocycles. The van der Waals surface area contributed by atoms with E-state index in [4.69, 9.17) is 5.73 Å². The summed E-state index contributed by atoms with van der Waals surface area (Å²) in [6.07, 6.45) is 2.10. The topological polar surface area (TPSA) is 92.9 Å². The van der Waals surface area contributed by atoms with Gasteiger partial charge in [-0.15, -0.1) is 0 Å². The van der Waals surface area contributed by atoms with Crippen LogP contribution in [0, 0.1) is 0 Å². The largest absolute Gasteiger partial charge is 0.373 e. The molecule has 0 saturated carbocycles. The standard InChI is InChI=1S/C14H25N5O/c1-14(2,3)13-18-11(16-4)9-12(19-13)17-8-6-5-7-10(15)20/h9H,5-8H2,1-4H3,(H2,15,20)(H2,16,17,18,19). The number of nitrogens with one attached hydrogen (secondary N) is 2. The molecule has 0 atom stereocenters. The average Bonchev–Trinajstić information content (AvgIpc) is 2.36. The lowest BCUT2D eigenvalue weighted by Crippen LogP contribution is -2.18. The van der Waals surface area contributed by atoms with E-state index in [-0.39, 0.29) is 11.3 Å². The highest BCUT2D eigenvalue weighted by atomic mass is 16.1. The normalized spacial score (nSPS) is 11.2. The zero-order chi connectivity index (χ0) is 15.2. The molecule has 1 aromatic rings. The molecule has 0 aliphatic rings. The van der Waals surface area contributed by atoms with Gasteiger partial charge in [0.15, 0.2) is 0 Å². The summed E-state index contributed by atoms with van der Waals surface area (Å²) < 4.78 is 0. The van der Waals surface area contributed by atoms with Gasteiger partial charge in [0.25, 0.3) is 0 Å². The summed E-state index contributed by atoms with van der Waals surface area (Å²) in [6.45, 7) is 7.01. The van der Waals surface area contributed by atoms with Gasteiger partial charge in [0.1, 0.15) is 17.5 Å². The Hall–Kier alpha value is -1.85. The smallest absolute Gasteiger partial charge is 0.217 e. The summed E-state index contributed by atoms with van der Waals surface area (Å²) in [5.74, 6) is 2.14. The van der Waals surface area contributed by atoms with E-state index in [1.807, 2.05) is 13.1 Å². The SMILES string of the molecule is CNc1cc(NCCCCC(N)=O)nc(C(C)(C)C)n1. The first-order chi connectivity index (χ1) is 9.32. The molecule has 4 N–H and O–H groups in total. The second-order valence-corrected chi connectivity index (χ2v) is 5.81. The van der Waals surface area contributed by atoms with Crippen molar-refractivity contribution in [3.63, 3.8) is 0 Å². The van der Waals surface area contributed by atoms with Crippen molar-refractivity contribution in [1.82, 2.24) is 9.97 Å². The molecule has 112 valence electrons. The Balaban J connectivity index is 2.63. The third-order valence-corrected chi connectivity index (χ3v) is 2.81. The fourth-order valence-electron chi connectivity index (χ4n) is 1.64. The molecule has 1 rings (SSSR count). The van der Waals surface area contributed by atoms with Crippen LogP contribution in [0.3, 0.4) is 0 Å². The van der Waals surface area contributed by atoms with Crippen molar-refractivity contribution < 1.29 is 4.79 Å². The first-order valence-corrected chi connectivity index (χ1v) is 6.92. The van der Waals surface area contributed by atoms with Gasteiger partial charge in [0.05, 0.1) is 0 Å². The van der Waals surface area contributed by atoms with Crippen LogP contribution in [0.5, 0.6) is 0 Å². The van der Waals surface area contributed by atoms with Gasteiger partial charge >= 0.3 is 0 Å². The summed E-state index contributed by atoms with van der Waals surface area (Å²) >= 11 is 0. The molecule has 0 radical (unpaired) electrons. The van der Waals surface area contributed by atoms with Crippen LogP contribution in [-0.4, -0.2) is 29.5 Å². The Bertz CT molecular complexity index is 453. The Morgan fingerprint density at radius 3 is 2.45 bits per heavy atom. The van der Waals surface area contributed by atoms with Crippen LogP contribution in [0.25, 0.3) is 0 Å². The van der Waals surface area contributed by atoms with Crippen molar-refractivity contribution in [2.45, 2.75) is 45.4 Å². The summed E-state index contributed by atoms with van der Waals surface area (Å²) in [4.78, 5) is 19.6. The number of aromatic nitrogens is 2. The first-order valence-electron chi connectivity index (χ1n) is 6.92. The summed E-state index contributed by atoms with van der Waals surface area (Å²) in [7, 11) is 1.84. The number of primary amides is 1. The highest BCUT2D eigenvalue weighted by molar-refractivity contribution is 5.73. The fourth-order valence-corrected chi connectivity index (χ4v) is 1.64. The molecular weight excluding hydrogens is 254 g/mol. The quantitative estimate of drug-likeness (QED) is 0.663. The van der Waals surface area contributed by atoms with Crippen molar-refractivity contribution >= 4 is 17.5 Å². The molecule has 6 heteroatoms. The van der Waals surface area contributed by atoms with E-state index in [0.29, 0.717) is 6.42 Å². The molecule has 1 heterocycles. The number of rotatable bonds is 7. The molecule has 1 amide bonds. The van der Waals surface area contributed by atoms with Crippen LogP contribution in [0.15, 0.2) is 6.07 Å². The van der Waals surface area contributed by atoms with Crippen molar-refractivity contribution in [2.24, 2.45) is 5.73 Å². The minimum atomic E-state index is -0.250. The summed E-state index contributed by atoms with van der Waals surface area (Å²) in [6, 6.07) is 1.88. The number of carbonyl (C=O) groups is 1. The van der Waals surface area contributed by atoms with Crippen LogP contribution < -0.4 is 16.4 Å². The second kappa shape index (κ2) is 7.07. The molecule has 6 nitrogen and oxygen atoms in total. The van der Waals surface area contributed by atoms with E-state index in [9.17, 15) is 4.79 Å². The average molecular weight is 279 g/mol. The Morgan fingerprint density at radius 2 is 1.90 bits per heavy atom. The molecular formula is C14H25N5O. The minimum absolute atomic E-state index is 0.102. The van der Waals surface area contributed by atoms with Gasteiger partial charge in [-0.3, -0.25) is 4.79 Å². The highest BCUT2D eigenvalue weighted by Crippen LogP contribution is 2.22. The molecule has 0 aromatic carbocycles.